The van der Waals surface area contributed by atoms with Gasteiger partial charge in [0.05, 0.1) is 0 Å². The van der Waals surface area contributed by atoms with Gasteiger partial charge in [0.1, 0.15) is 5.78 Å². The van der Waals surface area contributed by atoms with Crippen molar-refractivity contribution in [1.29, 1.82) is 0 Å². The van der Waals surface area contributed by atoms with Crippen molar-refractivity contribution in [3.05, 3.63) is 0 Å². The second kappa shape index (κ2) is 7.03. The summed E-state index contributed by atoms with van der Waals surface area (Å²) in [4.78, 5) is 11.2. The summed E-state index contributed by atoms with van der Waals surface area (Å²) in [7, 11) is 0. The van der Waals surface area contributed by atoms with Crippen LogP contribution < -0.4 is 0 Å². The molecule has 15 heavy (non-hydrogen) atoms. The molecule has 0 bridgehead atoms. The van der Waals surface area contributed by atoms with E-state index in [1.165, 1.54) is 44.9 Å². The predicted octanol–water partition coefficient (Wildman–Crippen LogP) is 4.35. The molecule has 2 atom stereocenters. The molecule has 1 unspecified atom stereocenters. The molecule has 88 valence electrons. The van der Waals surface area contributed by atoms with Gasteiger partial charge < -0.3 is 0 Å². The zero-order valence-electron chi connectivity index (χ0n) is 10.4. The Bertz CT molecular complexity index is 186. The van der Waals surface area contributed by atoms with E-state index in [-0.39, 0.29) is 0 Å². The van der Waals surface area contributed by atoms with Crippen LogP contribution in [0.5, 0.6) is 0 Å². The summed E-state index contributed by atoms with van der Waals surface area (Å²) in [5.41, 5.74) is 0. The Balaban J connectivity index is 1.98. The topological polar surface area (TPSA) is 17.1 Å². The third kappa shape index (κ3) is 4.81. The summed E-state index contributed by atoms with van der Waals surface area (Å²) >= 11 is 0. The molecule has 1 saturated carbocycles. The number of hydrogen-bond acceptors (Lipinski definition) is 1. The molecule has 1 aliphatic carbocycles. The standard InChI is InChI=1S/C14H26O/c1-3-4-5-6-7-8-9-13-11-14(15)10-12(13)2/h12-13H,3-11H2,1-2H3/t12?,13-/m1/s1. The molecule has 1 rings (SSSR count). The zero-order valence-corrected chi connectivity index (χ0v) is 10.4. The highest BCUT2D eigenvalue weighted by Crippen LogP contribution is 2.32. The third-order valence-corrected chi connectivity index (χ3v) is 3.77. The van der Waals surface area contributed by atoms with E-state index in [4.69, 9.17) is 0 Å². The molecule has 1 fully saturated rings. The van der Waals surface area contributed by atoms with Crippen LogP contribution in [0.2, 0.25) is 0 Å². The van der Waals surface area contributed by atoms with Crippen molar-refractivity contribution >= 4 is 5.78 Å². The molecule has 0 N–H and O–H groups in total. The molecule has 0 amide bonds. The Kier molecular flexibility index (Phi) is 5.97. The Morgan fingerprint density at radius 1 is 1.07 bits per heavy atom. The highest BCUT2D eigenvalue weighted by atomic mass is 16.1. The summed E-state index contributed by atoms with van der Waals surface area (Å²) < 4.78 is 0. The lowest BCUT2D eigenvalue weighted by Crippen LogP contribution is -2.03. The lowest BCUT2D eigenvalue weighted by Gasteiger charge is -2.13. The lowest BCUT2D eigenvalue weighted by molar-refractivity contribution is -0.117. The van der Waals surface area contributed by atoms with Gasteiger partial charge in [-0.3, -0.25) is 4.79 Å². The number of ketones is 1. The fraction of sp³-hybridized carbons (Fsp3) is 0.929. The van der Waals surface area contributed by atoms with Gasteiger partial charge in [-0.05, 0) is 18.3 Å². The fourth-order valence-corrected chi connectivity index (χ4v) is 2.68. The molecular weight excluding hydrogens is 184 g/mol. The van der Waals surface area contributed by atoms with Crippen LogP contribution in [0.3, 0.4) is 0 Å². The first kappa shape index (κ1) is 12.7. The maximum absolute atomic E-state index is 11.2. The summed E-state index contributed by atoms with van der Waals surface area (Å²) in [5, 5.41) is 0. The normalized spacial score (nSPS) is 26.1. The van der Waals surface area contributed by atoms with Crippen molar-refractivity contribution in [3.63, 3.8) is 0 Å². The van der Waals surface area contributed by atoms with Crippen LogP contribution in [0.1, 0.15) is 71.6 Å². The molecular formula is C14H26O. The molecule has 0 spiro atoms. The van der Waals surface area contributed by atoms with Crippen LogP contribution in [-0.2, 0) is 4.79 Å². The van der Waals surface area contributed by atoms with E-state index in [0.717, 1.165) is 12.8 Å². The lowest BCUT2D eigenvalue weighted by atomic mass is 9.92. The Morgan fingerprint density at radius 2 is 1.73 bits per heavy atom. The molecule has 0 aliphatic heterocycles. The average Bonchev–Trinajstić information content (AvgIpc) is 2.51. The van der Waals surface area contributed by atoms with Crippen LogP contribution in [0.4, 0.5) is 0 Å². The van der Waals surface area contributed by atoms with Gasteiger partial charge in [0.25, 0.3) is 0 Å². The molecule has 1 aliphatic rings. The summed E-state index contributed by atoms with van der Waals surface area (Å²) in [6.45, 7) is 4.50. The van der Waals surface area contributed by atoms with Gasteiger partial charge in [-0.25, -0.2) is 0 Å². The van der Waals surface area contributed by atoms with Gasteiger partial charge in [-0.1, -0.05) is 52.4 Å². The van der Waals surface area contributed by atoms with Gasteiger partial charge >= 0.3 is 0 Å². The Morgan fingerprint density at radius 3 is 2.33 bits per heavy atom. The summed E-state index contributed by atoms with van der Waals surface area (Å²) in [5.74, 6) is 1.87. The number of carbonyl (C=O) groups excluding carboxylic acids is 1. The quantitative estimate of drug-likeness (QED) is 0.571. The van der Waals surface area contributed by atoms with Crippen LogP contribution in [0.25, 0.3) is 0 Å². The van der Waals surface area contributed by atoms with Gasteiger partial charge in [0, 0.05) is 12.8 Å². The molecule has 0 aromatic rings. The largest absolute Gasteiger partial charge is 0.300 e. The summed E-state index contributed by atoms with van der Waals surface area (Å²) in [6, 6.07) is 0. The number of hydrogen-bond donors (Lipinski definition) is 0. The van der Waals surface area contributed by atoms with E-state index in [9.17, 15) is 4.79 Å². The van der Waals surface area contributed by atoms with Crippen molar-refractivity contribution in [3.8, 4) is 0 Å². The van der Waals surface area contributed by atoms with Gasteiger partial charge in [-0.15, -0.1) is 0 Å². The van der Waals surface area contributed by atoms with Crippen LogP contribution >= 0.6 is 0 Å². The van der Waals surface area contributed by atoms with E-state index in [1.807, 2.05) is 0 Å². The van der Waals surface area contributed by atoms with E-state index in [0.29, 0.717) is 17.6 Å². The van der Waals surface area contributed by atoms with Crippen molar-refractivity contribution in [2.24, 2.45) is 11.8 Å². The molecule has 0 aromatic heterocycles. The maximum Gasteiger partial charge on any atom is 0.133 e. The Labute approximate surface area is 94.6 Å². The SMILES string of the molecule is CCCCCCCC[C@@H]1CC(=O)CC1C. The van der Waals surface area contributed by atoms with E-state index in [2.05, 4.69) is 13.8 Å². The smallest absolute Gasteiger partial charge is 0.133 e. The second-order valence-electron chi connectivity index (χ2n) is 5.24. The van der Waals surface area contributed by atoms with Gasteiger partial charge in [0.15, 0.2) is 0 Å². The first-order valence-corrected chi connectivity index (χ1v) is 6.75. The van der Waals surface area contributed by atoms with Crippen molar-refractivity contribution < 1.29 is 4.79 Å². The average molecular weight is 210 g/mol. The molecule has 1 nitrogen and oxygen atoms in total. The van der Waals surface area contributed by atoms with Gasteiger partial charge in [-0.2, -0.15) is 0 Å². The highest BCUT2D eigenvalue weighted by molar-refractivity contribution is 5.81. The van der Waals surface area contributed by atoms with Gasteiger partial charge in [0.2, 0.25) is 0 Å². The molecule has 1 heteroatoms. The minimum absolute atomic E-state index is 0.499. The summed E-state index contributed by atoms with van der Waals surface area (Å²) in [6.07, 6.45) is 11.2. The van der Waals surface area contributed by atoms with Crippen molar-refractivity contribution in [2.45, 2.75) is 71.6 Å². The van der Waals surface area contributed by atoms with E-state index < -0.39 is 0 Å². The van der Waals surface area contributed by atoms with E-state index >= 15 is 0 Å². The predicted molar refractivity (Wildman–Crippen MR) is 64.9 cm³/mol. The minimum Gasteiger partial charge on any atom is -0.300 e. The molecule has 0 saturated heterocycles. The zero-order chi connectivity index (χ0) is 11.1. The first-order valence-electron chi connectivity index (χ1n) is 6.75. The van der Waals surface area contributed by atoms with Crippen molar-refractivity contribution in [1.82, 2.24) is 0 Å². The second-order valence-corrected chi connectivity index (χ2v) is 5.24. The number of unbranched alkanes of at least 4 members (excludes halogenated alkanes) is 5. The van der Waals surface area contributed by atoms with Crippen LogP contribution in [0.15, 0.2) is 0 Å². The minimum atomic E-state index is 0.499. The van der Waals surface area contributed by atoms with E-state index in [1.54, 1.807) is 0 Å². The third-order valence-electron chi connectivity index (χ3n) is 3.77. The first-order chi connectivity index (χ1) is 7.24. The van der Waals surface area contributed by atoms with Crippen LogP contribution in [-0.4, -0.2) is 5.78 Å². The molecule has 0 aromatic carbocycles. The number of carbonyl (C=O) groups is 1. The molecule has 0 heterocycles. The monoisotopic (exact) mass is 210 g/mol. The van der Waals surface area contributed by atoms with Crippen molar-refractivity contribution in [2.75, 3.05) is 0 Å². The number of Topliss-reactive ketones (excluding diaryl/α,β-unsaturated/α-hetero) is 1. The number of rotatable bonds is 7. The van der Waals surface area contributed by atoms with Crippen LogP contribution in [0, 0.1) is 11.8 Å². The highest BCUT2D eigenvalue weighted by Gasteiger charge is 2.28. The Hall–Kier alpha value is -0.330. The fourth-order valence-electron chi connectivity index (χ4n) is 2.68. The molecule has 0 radical (unpaired) electrons. The maximum atomic E-state index is 11.2.